The summed E-state index contributed by atoms with van der Waals surface area (Å²) in [6.07, 6.45) is 7.14. The second kappa shape index (κ2) is 6.57. The summed E-state index contributed by atoms with van der Waals surface area (Å²) in [4.78, 5) is 15.4. The topological polar surface area (TPSA) is 50.7 Å². The van der Waals surface area contributed by atoms with Crippen molar-refractivity contribution in [1.29, 1.82) is 0 Å². The van der Waals surface area contributed by atoms with Crippen LogP contribution in [0.2, 0.25) is 0 Å². The molecule has 3 heterocycles. The number of thiophene rings is 1. The highest BCUT2D eigenvalue weighted by atomic mass is 32.1. The van der Waals surface area contributed by atoms with Gasteiger partial charge in [-0.15, -0.1) is 11.3 Å². The van der Waals surface area contributed by atoms with Crippen molar-refractivity contribution in [2.45, 2.75) is 19.3 Å². The molecule has 7 heteroatoms. The molecule has 0 spiro atoms. The summed E-state index contributed by atoms with van der Waals surface area (Å²) < 4.78 is 26.4. The zero-order valence-corrected chi connectivity index (χ0v) is 14.9. The lowest BCUT2D eigenvalue weighted by Gasteiger charge is -2.16. The van der Waals surface area contributed by atoms with E-state index in [1.165, 1.54) is 6.08 Å². The molecule has 1 aliphatic carbocycles. The van der Waals surface area contributed by atoms with Crippen molar-refractivity contribution in [3.8, 4) is 11.4 Å². The van der Waals surface area contributed by atoms with E-state index in [1.807, 2.05) is 25.1 Å². The third kappa shape index (κ3) is 3.48. The number of hydrogen-bond acceptors (Lipinski definition) is 5. The third-order valence-corrected chi connectivity index (χ3v) is 5.02. The van der Waals surface area contributed by atoms with Gasteiger partial charge in [0.05, 0.1) is 5.39 Å². The molecule has 0 amide bonds. The Morgan fingerprint density at radius 1 is 1.31 bits per heavy atom. The van der Waals surface area contributed by atoms with Crippen LogP contribution in [-0.4, -0.2) is 27.4 Å². The van der Waals surface area contributed by atoms with Crippen molar-refractivity contribution < 1.29 is 8.78 Å². The van der Waals surface area contributed by atoms with Crippen molar-refractivity contribution in [3.63, 3.8) is 0 Å². The molecule has 132 valence electrons. The zero-order chi connectivity index (χ0) is 18.1. The van der Waals surface area contributed by atoms with E-state index in [9.17, 15) is 8.78 Å². The smallest absolute Gasteiger partial charge is 0.270 e. The van der Waals surface area contributed by atoms with E-state index in [0.717, 1.165) is 32.3 Å². The predicted octanol–water partition coefficient (Wildman–Crippen LogP) is 5.00. The molecule has 0 atom stereocenters. The highest BCUT2D eigenvalue weighted by Gasteiger charge is 2.25. The summed E-state index contributed by atoms with van der Waals surface area (Å²) in [6.45, 7) is 2.45. The van der Waals surface area contributed by atoms with E-state index >= 15 is 0 Å². The maximum Gasteiger partial charge on any atom is 0.270 e. The van der Waals surface area contributed by atoms with Crippen molar-refractivity contribution >= 4 is 27.4 Å². The lowest BCUT2D eigenvalue weighted by Crippen LogP contribution is -2.16. The Morgan fingerprint density at radius 3 is 2.92 bits per heavy atom. The number of hydrogen-bond donors (Lipinski definition) is 1. The van der Waals surface area contributed by atoms with Gasteiger partial charge in [-0.25, -0.2) is 18.7 Å². The molecule has 0 aliphatic heterocycles. The molecule has 4 nitrogen and oxygen atoms in total. The Bertz CT molecular complexity index is 1010. The van der Waals surface area contributed by atoms with E-state index in [4.69, 9.17) is 0 Å². The van der Waals surface area contributed by atoms with Crippen LogP contribution in [0.15, 0.2) is 54.4 Å². The number of allylic oxidation sites excluding steroid dienone is 2. The number of anilines is 1. The van der Waals surface area contributed by atoms with Gasteiger partial charge in [0.1, 0.15) is 10.6 Å². The molecule has 0 aromatic carbocycles. The van der Waals surface area contributed by atoms with Gasteiger partial charge in [-0.05, 0) is 36.8 Å². The second-order valence-corrected chi connectivity index (χ2v) is 7.38. The molecular weight excluding hydrogens is 354 g/mol. The Hall–Kier alpha value is -2.67. The van der Waals surface area contributed by atoms with Crippen LogP contribution in [0, 0.1) is 6.92 Å². The Labute approximate surface area is 153 Å². The van der Waals surface area contributed by atoms with Crippen molar-refractivity contribution in [2.24, 2.45) is 0 Å². The van der Waals surface area contributed by atoms with Crippen LogP contribution in [0.25, 0.3) is 21.6 Å². The average Bonchev–Trinajstić information content (AvgIpc) is 3.01. The Morgan fingerprint density at radius 2 is 2.19 bits per heavy atom. The largest absolute Gasteiger partial charge is 0.365 e. The molecule has 0 saturated heterocycles. The van der Waals surface area contributed by atoms with E-state index in [-0.39, 0.29) is 6.42 Å². The lowest BCUT2D eigenvalue weighted by atomic mass is 10.0. The maximum atomic E-state index is 13.2. The molecule has 26 heavy (non-hydrogen) atoms. The number of aromatic nitrogens is 3. The molecule has 3 aromatic heterocycles. The fourth-order valence-corrected chi connectivity index (χ4v) is 3.63. The summed E-state index contributed by atoms with van der Waals surface area (Å²) >= 11 is 1.60. The minimum absolute atomic E-state index is 0.266. The monoisotopic (exact) mass is 370 g/mol. The van der Waals surface area contributed by atoms with E-state index in [1.54, 1.807) is 29.8 Å². The van der Waals surface area contributed by atoms with Gasteiger partial charge in [0.25, 0.3) is 5.92 Å². The summed E-state index contributed by atoms with van der Waals surface area (Å²) in [5, 5.41) is 4.21. The van der Waals surface area contributed by atoms with Crippen molar-refractivity contribution in [2.75, 3.05) is 11.9 Å². The molecule has 0 bridgehead atoms. The molecule has 1 N–H and O–H groups in total. The molecule has 0 radical (unpaired) electrons. The van der Waals surface area contributed by atoms with Gasteiger partial charge in [0, 0.05) is 35.8 Å². The first-order chi connectivity index (χ1) is 12.5. The average molecular weight is 370 g/mol. The summed E-state index contributed by atoms with van der Waals surface area (Å²) in [6, 6.07) is 5.79. The number of rotatable bonds is 4. The fourth-order valence-electron chi connectivity index (χ4n) is 2.75. The number of nitrogens with zero attached hydrogens (tertiary/aromatic N) is 3. The minimum atomic E-state index is -2.75. The van der Waals surface area contributed by atoms with E-state index in [2.05, 4.69) is 20.3 Å². The number of nitrogens with one attached hydrogen (secondary N) is 1. The first-order valence-electron chi connectivity index (χ1n) is 8.19. The normalized spacial score (nSPS) is 15.9. The SMILES string of the molecule is Cc1cc2c(NCC3=CCC(F)(F)C=C3)nc(-c3cccnc3)nc2s1. The highest BCUT2D eigenvalue weighted by molar-refractivity contribution is 7.18. The molecule has 0 unspecified atom stereocenters. The first-order valence-corrected chi connectivity index (χ1v) is 9.00. The summed E-state index contributed by atoms with van der Waals surface area (Å²) in [5.41, 5.74) is 1.65. The zero-order valence-electron chi connectivity index (χ0n) is 14.0. The molecule has 3 aromatic rings. The van der Waals surface area contributed by atoms with Gasteiger partial charge >= 0.3 is 0 Å². The standard InChI is InChI=1S/C19H16F2N4S/c1-12-9-15-17(23-10-13-4-6-19(20,21)7-5-13)24-16(25-18(15)26-12)14-3-2-8-22-11-14/h2-6,8-9,11H,7,10H2,1H3,(H,23,24,25). The summed E-state index contributed by atoms with van der Waals surface area (Å²) in [5.74, 6) is -1.46. The van der Waals surface area contributed by atoms with Crippen molar-refractivity contribution in [3.05, 3.63) is 59.3 Å². The summed E-state index contributed by atoms with van der Waals surface area (Å²) in [7, 11) is 0. The molecule has 4 rings (SSSR count). The van der Waals surface area contributed by atoms with E-state index in [0.29, 0.717) is 18.2 Å². The fraction of sp³-hybridized carbons (Fsp3) is 0.211. The van der Waals surface area contributed by atoms with Crippen LogP contribution in [0.1, 0.15) is 11.3 Å². The van der Waals surface area contributed by atoms with Crippen molar-refractivity contribution in [1.82, 2.24) is 15.0 Å². The number of aryl methyl sites for hydroxylation is 1. The minimum Gasteiger partial charge on any atom is -0.365 e. The van der Waals surface area contributed by atoms with Gasteiger partial charge in [0.15, 0.2) is 5.82 Å². The number of alkyl halides is 2. The van der Waals surface area contributed by atoms with Gasteiger partial charge in [-0.3, -0.25) is 4.98 Å². The van der Waals surface area contributed by atoms with Gasteiger partial charge in [0.2, 0.25) is 0 Å². The number of pyridine rings is 1. The van der Waals surface area contributed by atoms with Gasteiger partial charge in [-0.1, -0.05) is 12.2 Å². The van der Waals surface area contributed by atoms with Crippen LogP contribution in [0.3, 0.4) is 0 Å². The quantitative estimate of drug-likeness (QED) is 0.702. The number of fused-ring (bicyclic) bond motifs is 1. The van der Waals surface area contributed by atoms with Crippen LogP contribution < -0.4 is 5.32 Å². The van der Waals surface area contributed by atoms with E-state index < -0.39 is 5.92 Å². The highest BCUT2D eigenvalue weighted by Crippen LogP contribution is 2.31. The van der Waals surface area contributed by atoms with Crippen LogP contribution in [0.5, 0.6) is 0 Å². The lowest BCUT2D eigenvalue weighted by molar-refractivity contribution is 0.0571. The molecular formula is C19H16F2N4S. The molecule has 0 saturated carbocycles. The molecule has 0 fully saturated rings. The molecule has 1 aliphatic rings. The van der Waals surface area contributed by atoms with Gasteiger partial charge in [-0.2, -0.15) is 0 Å². The van der Waals surface area contributed by atoms with Gasteiger partial charge < -0.3 is 5.32 Å². The van der Waals surface area contributed by atoms with Crippen LogP contribution in [0.4, 0.5) is 14.6 Å². The Balaban J connectivity index is 1.65. The number of halogens is 2. The Kier molecular flexibility index (Phi) is 4.24. The van der Waals surface area contributed by atoms with Crippen LogP contribution >= 0.6 is 11.3 Å². The third-order valence-electron chi connectivity index (χ3n) is 4.07. The maximum absolute atomic E-state index is 13.2. The first kappa shape index (κ1) is 16.8. The predicted molar refractivity (Wildman–Crippen MR) is 101 cm³/mol. The van der Waals surface area contributed by atoms with Crippen LogP contribution in [-0.2, 0) is 0 Å². The second-order valence-electron chi connectivity index (χ2n) is 6.14.